The molecule has 1 aliphatic rings. The van der Waals surface area contributed by atoms with Crippen molar-refractivity contribution in [2.45, 2.75) is 24.8 Å². The fourth-order valence-corrected chi connectivity index (χ4v) is 3.32. The first-order valence-corrected chi connectivity index (χ1v) is 8.08. The van der Waals surface area contributed by atoms with Gasteiger partial charge in [-0.25, -0.2) is 0 Å². The Labute approximate surface area is 150 Å². The van der Waals surface area contributed by atoms with Gasteiger partial charge in [-0.3, -0.25) is 4.90 Å². The van der Waals surface area contributed by atoms with Gasteiger partial charge in [-0.1, -0.05) is 42.5 Å². The van der Waals surface area contributed by atoms with Crippen LogP contribution in [0.5, 0.6) is 5.75 Å². The third kappa shape index (κ3) is 3.90. The molecule has 0 N–H and O–H groups in total. The molecule has 0 aromatic heterocycles. The fraction of sp³-hybridized carbons (Fsp3) is 0.350. The summed E-state index contributed by atoms with van der Waals surface area (Å²) in [7, 11) is 1.67. The molecular weight excluding hydrogens is 320 g/mol. The van der Waals surface area contributed by atoms with Crippen LogP contribution in [-0.2, 0) is 12.0 Å². The second kappa shape index (κ2) is 8.19. The molecule has 3 nitrogen and oxygen atoms in total. The molecule has 0 radical (unpaired) electrons. The fourth-order valence-electron chi connectivity index (χ4n) is 3.32. The van der Waals surface area contributed by atoms with Gasteiger partial charge in [0, 0.05) is 19.6 Å². The van der Waals surface area contributed by atoms with Gasteiger partial charge >= 0.3 is 0 Å². The van der Waals surface area contributed by atoms with Crippen LogP contribution in [0.1, 0.15) is 24.0 Å². The van der Waals surface area contributed by atoms with Crippen molar-refractivity contribution < 1.29 is 4.74 Å². The minimum atomic E-state index is -0.387. The van der Waals surface area contributed by atoms with Gasteiger partial charge < -0.3 is 4.74 Å². The van der Waals surface area contributed by atoms with E-state index in [2.05, 4.69) is 41.3 Å². The van der Waals surface area contributed by atoms with Gasteiger partial charge in [0.25, 0.3) is 0 Å². The lowest BCUT2D eigenvalue weighted by Crippen LogP contribution is -2.41. The second-order valence-corrected chi connectivity index (χ2v) is 6.19. The van der Waals surface area contributed by atoms with Crippen LogP contribution < -0.4 is 4.74 Å². The van der Waals surface area contributed by atoms with Crippen LogP contribution in [0.4, 0.5) is 0 Å². The first-order chi connectivity index (χ1) is 11.3. The summed E-state index contributed by atoms with van der Waals surface area (Å²) in [4.78, 5) is 2.44. The molecule has 0 bridgehead atoms. The van der Waals surface area contributed by atoms with Crippen molar-refractivity contribution in [2.75, 3.05) is 20.2 Å². The zero-order chi connectivity index (χ0) is 16.1. The largest absolute Gasteiger partial charge is 0.497 e. The SMILES string of the molecule is COc1cccc(C2(C#N)CCN(Cc3ccccc3)CC2)c1.Cl. The van der Waals surface area contributed by atoms with E-state index in [0.717, 1.165) is 43.8 Å². The number of nitrogens with zero attached hydrogens (tertiary/aromatic N) is 2. The lowest BCUT2D eigenvalue weighted by atomic mass is 9.74. The van der Waals surface area contributed by atoms with Crippen molar-refractivity contribution in [3.63, 3.8) is 0 Å². The minimum absolute atomic E-state index is 0. The van der Waals surface area contributed by atoms with E-state index in [1.807, 2.05) is 24.3 Å². The highest BCUT2D eigenvalue weighted by molar-refractivity contribution is 5.85. The first kappa shape index (κ1) is 18.3. The van der Waals surface area contributed by atoms with Crippen LogP contribution in [0.25, 0.3) is 0 Å². The Morgan fingerprint density at radius 2 is 1.79 bits per heavy atom. The Morgan fingerprint density at radius 3 is 2.42 bits per heavy atom. The van der Waals surface area contributed by atoms with Gasteiger partial charge in [-0.2, -0.15) is 5.26 Å². The van der Waals surface area contributed by atoms with E-state index in [1.54, 1.807) is 7.11 Å². The molecule has 2 aromatic carbocycles. The highest BCUT2D eigenvalue weighted by Crippen LogP contribution is 2.36. The number of piperidine rings is 1. The maximum absolute atomic E-state index is 9.83. The maximum atomic E-state index is 9.83. The van der Waals surface area contributed by atoms with Gasteiger partial charge in [0.05, 0.1) is 18.6 Å². The molecule has 0 aliphatic carbocycles. The smallest absolute Gasteiger partial charge is 0.119 e. The van der Waals surface area contributed by atoms with Gasteiger partial charge in [-0.15, -0.1) is 12.4 Å². The van der Waals surface area contributed by atoms with Crippen LogP contribution in [-0.4, -0.2) is 25.1 Å². The number of halogens is 1. The third-order valence-corrected chi connectivity index (χ3v) is 4.79. The summed E-state index contributed by atoms with van der Waals surface area (Å²) in [5.74, 6) is 0.823. The Morgan fingerprint density at radius 1 is 1.08 bits per heavy atom. The monoisotopic (exact) mass is 342 g/mol. The van der Waals surface area contributed by atoms with Crippen molar-refractivity contribution in [2.24, 2.45) is 0 Å². The average molecular weight is 343 g/mol. The number of hydrogen-bond acceptors (Lipinski definition) is 3. The number of hydrogen-bond donors (Lipinski definition) is 0. The number of methoxy groups -OCH3 is 1. The number of nitriles is 1. The number of ether oxygens (including phenoxy) is 1. The van der Waals surface area contributed by atoms with Crippen molar-refractivity contribution in [1.82, 2.24) is 4.90 Å². The van der Waals surface area contributed by atoms with E-state index >= 15 is 0 Å². The highest BCUT2D eigenvalue weighted by Gasteiger charge is 2.36. The van der Waals surface area contributed by atoms with Crippen LogP contribution in [0.15, 0.2) is 54.6 Å². The molecule has 0 saturated carbocycles. The molecule has 0 unspecified atom stereocenters. The van der Waals surface area contributed by atoms with Crippen LogP contribution in [0.2, 0.25) is 0 Å². The molecule has 1 fully saturated rings. The summed E-state index contributed by atoms with van der Waals surface area (Å²) in [6, 6.07) is 21.1. The van der Waals surface area contributed by atoms with Gasteiger partial charge in [0.15, 0.2) is 0 Å². The summed E-state index contributed by atoms with van der Waals surface area (Å²) in [5.41, 5.74) is 2.03. The Bertz CT molecular complexity index is 688. The minimum Gasteiger partial charge on any atom is -0.497 e. The van der Waals surface area contributed by atoms with Gasteiger partial charge in [0.2, 0.25) is 0 Å². The normalized spacial score (nSPS) is 16.7. The quantitative estimate of drug-likeness (QED) is 0.836. The molecule has 0 spiro atoms. The molecule has 24 heavy (non-hydrogen) atoms. The van der Waals surface area contributed by atoms with Crippen molar-refractivity contribution in [3.8, 4) is 11.8 Å². The van der Waals surface area contributed by atoms with Gasteiger partial charge in [0.1, 0.15) is 5.75 Å². The molecule has 0 amide bonds. The molecule has 1 heterocycles. The Hall–Kier alpha value is -2.02. The van der Waals surface area contributed by atoms with Crippen LogP contribution in [0, 0.1) is 11.3 Å². The Kier molecular flexibility index (Phi) is 6.25. The van der Waals surface area contributed by atoms with Crippen LogP contribution >= 0.6 is 12.4 Å². The van der Waals surface area contributed by atoms with Gasteiger partial charge in [-0.05, 0) is 36.1 Å². The molecule has 1 aliphatic heterocycles. The van der Waals surface area contributed by atoms with Crippen LogP contribution in [0.3, 0.4) is 0 Å². The zero-order valence-corrected chi connectivity index (χ0v) is 14.8. The Balaban J connectivity index is 0.00000208. The molecule has 126 valence electrons. The lowest BCUT2D eigenvalue weighted by Gasteiger charge is -2.37. The molecule has 3 rings (SSSR count). The first-order valence-electron chi connectivity index (χ1n) is 8.08. The van der Waals surface area contributed by atoms with E-state index < -0.39 is 0 Å². The number of benzene rings is 2. The predicted octanol–water partition coefficient (Wildman–Crippen LogP) is 4.17. The molecule has 2 aromatic rings. The number of rotatable bonds is 4. The summed E-state index contributed by atoms with van der Waals surface area (Å²) in [6.07, 6.45) is 1.73. The van der Waals surface area contributed by atoms with E-state index in [9.17, 15) is 5.26 Å². The second-order valence-electron chi connectivity index (χ2n) is 6.19. The number of likely N-dealkylation sites (tertiary alicyclic amines) is 1. The van der Waals surface area contributed by atoms with Crippen molar-refractivity contribution in [3.05, 3.63) is 65.7 Å². The van der Waals surface area contributed by atoms with E-state index in [-0.39, 0.29) is 17.8 Å². The molecular formula is C20H23ClN2O. The van der Waals surface area contributed by atoms with Crippen molar-refractivity contribution in [1.29, 1.82) is 5.26 Å². The maximum Gasteiger partial charge on any atom is 0.119 e. The summed E-state index contributed by atoms with van der Waals surface area (Å²) in [5, 5.41) is 9.83. The lowest BCUT2D eigenvalue weighted by molar-refractivity contribution is 0.179. The molecule has 4 heteroatoms. The van der Waals surface area contributed by atoms with E-state index in [4.69, 9.17) is 4.74 Å². The van der Waals surface area contributed by atoms with E-state index in [0.29, 0.717) is 0 Å². The summed E-state index contributed by atoms with van der Waals surface area (Å²) >= 11 is 0. The van der Waals surface area contributed by atoms with Crippen molar-refractivity contribution >= 4 is 12.4 Å². The highest BCUT2D eigenvalue weighted by atomic mass is 35.5. The zero-order valence-electron chi connectivity index (χ0n) is 13.9. The summed E-state index contributed by atoms with van der Waals surface area (Å²) in [6.45, 7) is 2.85. The molecule has 1 saturated heterocycles. The standard InChI is InChI=1S/C20H22N2O.ClH/c1-23-19-9-5-8-18(14-19)20(16-21)10-12-22(13-11-20)15-17-6-3-2-4-7-17;/h2-9,14H,10-13,15H2,1H3;1H. The van der Waals surface area contributed by atoms with E-state index in [1.165, 1.54) is 5.56 Å². The molecule has 0 atom stereocenters. The summed E-state index contributed by atoms with van der Waals surface area (Å²) < 4.78 is 5.32. The third-order valence-electron chi connectivity index (χ3n) is 4.79. The average Bonchev–Trinajstić information content (AvgIpc) is 2.63. The predicted molar refractivity (Wildman–Crippen MR) is 98.5 cm³/mol. The topological polar surface area (TPSA) is 36.3 Å².